The van der Waals surface area contributed by atoms with Crippen LogP contribution in [0.4, 0.5) is 4.39 Å². The fourth-order valence-electron chi connectivity index (χ4n) is 0.860. The first-order chi connectivity index (χ1) is 7.50. The number of carboxylic acids is 1. The molecule has 0 bridgehead atoms. The third kappa shape index (κ3) is 3.59. The molecule has 1 aromatic rings. The maximum Gasteiger partial charge on any atom is 0.332 e. The number of hydrogen-bond acceptors (Lipinski definition) is 3. The van der Waals surface area contributed by atoms with Crippen molar-refractivity contribution in [3.05, 3.63) is 34.1 Å². The Hall–Kier alpha value is -1.47. The number of nitrogens with one attached hydrogen (secondary N) is 1. The van der Waals surface area contributed by atoms with Crippen molar-refractivity contribution in [3.8, 4) is 0 Å². The molecule has 0 aliphatic carbocycles. The van der Waals surface area contributed by atoms with E-state index in [1.807, 2.05) is 5.48 Å². The minimum atomic E-state index is -1.22. The highest BCUT2D eigenvalue weighted by Crippen LogP contribution is 2.16. The van der Waals surface area contributed by atoms with Crippen molar-refractivity contribution in [3.63, 3.8) is 0 Å². The largest absolute Gasteiger partial charge is 0.479 e. The van der Waals surface area contributed by atoms with Crippen LogP contribution >= 0.6 is 15.9 Å². The average molecular weight is 292 g/mol. The second kappa shape index (κ2) is 5.57. The Balaban J connectivity index is 2.59. The van der Waals surface area contributed by atoms with E-state index in [-0.39, 0.29) is 10.0 Å². The molecule has 16 heavy (non-hydrogen) atoms. The molecule has 0 unspecified atom stereocenters. The minimum Gasteiger partial charge on any atom is -0.479 e. The first kappa shape index (κ1) is 12.6. The van der Waals surface area contributed by atoms with Crippen LogP contribution in [0.1, 0.15) is 10.4 Å². The summed E-state index contributed by atoms with van der Waals surface area (Å²) in [4.78, 5) is 25.7. The van der Waals surface area contributed by atoms with Crippen molar-refractivity contribution in [1.82, 2.24) is 5.48 Å². The number of hydroxylamine groups is 1. The van der Waals surface area contributed by atoms with Gasteiger partial charge in [-0.3, -0.25) is 9.63 Å². The van der Waals surface area contributed by atoms with Crippen LogP contribution in [0.3, 0.4) is 0 Å². The molecule has 7 heteroatoms. The maximum absolute atomic E-state index is 13.0. The van der Waals surface area contributed by atoms with Crippen LogP contribution < -0.4 is 5.48 Å². The Morgan fingerprint density at radius 1 is 1.50 bits per heavy atom. The van der Waals surface area contributed by atoms with E-state index in [4.69, 9.17) is 5.11 Å². The van der Waals surface area contributed by atoms with Gasteiger partial charge in [0.2, 0.25) is 0 Å². The lowest BCUT2D eigenvalue weighted by molar-refractivity contribution is -0.144. The maximum atomic E-state index is 13.0. The Morgan fingerprint density at radius 3 is 2.75 bits per heavy atom. The molecule has 0 aromatic heterocycles. The van der Waals surface area contributed by atoms with Gasteiger partial charge in [-0.2, -0.15) is 0 Å². The van der Waals surface area contributed by atoms with Crippen LogP contribution in [0.2, 0.25) is 0 Å². The monoisotopic (exact) mass is 291 g/mol. The molecule has 0 saturated carbocycles. The van der Waals surface area contributed by atoms with Gasteiger partial charge in [-0.05, 0) is 34.1 Å². The molecule has 5 nitrogen and oxygen atoms in total. The van der Waals surface area contributed by atoms with E-state index >= 15 is 0 Å². The molecule has 0 aliphatic heterocycles. The topological polar surface area (TPSA) is 75.6 Å². The zero-order valence-electron chi connectivity index (χ0n) is 7.87. The molecule has 0 fully saturated rings. The Bertz CT molecular complexity index is 424. The predicted molar refractivity (Wildman–Crippen MR) is 55.2 cm³/mol. The van der Waals surface area contributed by atoms with Crippen molar-refractivity contribution in [2.24, 2.45) is 0 Å². The smallest absolute Gasteiger partial charge is 0.332 e. The van der Waals surface area contributed by atoms with Gasteiger partial charge in [-0.25, -0.2) is 14.7 Å². The standard InChI is InChI=1S/C9H7BrFNO4/c10-6-2-1-5(3-7(6)11)9(15)12-16-4-8(13)14/h1-3H,4H2,(H,12,15)(H,13,14). The Morgan fingerprint density at radius 2 is 2.19 bits per heavy atom. The predicted octanol–water partition coefficient (Wildman–Crippen LogP) is 1.33. The summed E-state index contributed by atoms with van der Waals surface area (Å²) in [6.07, 6.45) is 0. The van der Waals surface area contributed by atoms with E-state index in [1.165, 1.54) is 12.1 Å². The third-order valence-corrected chi connectivity index (χ3v) is 2.19. The van der Waals surface area contributed by atoms with Crippen LogP contribution in [0.25, 0.3) is 0 Å². The normalized spacial score (nSPS) is 9.88. The average Bonchev–Trinajstić information content (AvgIpc) is 2.21. The molecule has 1 rings (SSSR count). The first-order valence-corrected chi connectivity index (χ1v) is 4.89. The number of halogens is 2. The van der Waals surface area contributed by atoms with Crippen molar-refractivity contribution in [2.45, 2.75) is 0 Å². The van der Waals surface area contributed by atoms with E-state index < -0.39 is 24.3 Å². The number of aliphatic carboxylic acids is 1. The van der Waals surface area contributed by atoms with Gasteiger partial charge in [-0.1, -0.05) is 0 Å². The van der Waals surface area contributed by atoms with E-state index in [0.29, 0.717) is 0 Å². The lowest BCUT2D eigenvalue weighted by Crippen LogP contribution is -2.26. The molecule has 0 radical (unpaired) electrons. The van der Waals surface area contributed by atoms with E-state index in [0.717, 1.165) is 6.07 Å². The molecular formula is C9H7BrFNO4. The van der Waals surface area contributed by atoms with Gasteiger partial charge >= 0.3 is 5.97 Å². The lowest BCUT2D eigenvalue weighted by atomic mass is 10.2. The van der Waals surface area contributed by atoms with Crippen LogP contribution in [0.15, 0.2) is 22.7 Å². The summed E-state index contributed by atoms with van der Waals surface area (Å²) < 4.78 is 13.3. The number of benzene rings is 1. The van der Waals surface area contributed by atoms with E-state index in [2.05, 4.69) is 20.8 Å². The first-order valence-electron chi connectivity index (χ1n) is 4.09. The fourth-order valence-corrected chi connectivity index (χ4v) is 1.11. The van der Waals surface area contributed by atoms with Crippen molar-refractivity contribution in [1.29, 1.82) is 0 Å². The highest BCUT2D eigenvalue weighted by Gasteiger charge is 2.09. The number of amides is 1. The van der Waals surface area contributed by atoms with Crippen molar-refractivity contribution < 1.29 is 23.9 Å². The Labute approximate surface area is 98.3 Å². The van der Waals surface area contributed by atoms with E-state index in [9.17, 15) is 14.0 Å². The summed E-state index contributed by atoms with van der Waals surface area (Å²) in [5, 5.41) is 8.23. The molecule has 0 aliphatic rings. The van der Waals surface area contributed by atoms with E-state index in [1.54, 1.807) is 0 Å². The zero-order chi connectivity index (χ0) is 12.1. The second-order valence-electron chi connectivity index (χ2n) is 2.74. The van der Waals surface area contributed by atoms with Gasteiger partial charge in [-0.15, -0.1) is 0 Å². The number of carbonyl (C=O) groups excluding carboxylic acids is 1. The van der Waals surface area contributed by atoms with Gasteiger partial charge in [0.25, 0.3) is 5.91 Å². The van der Waals surface area contributed by atoms with Crippen LogP contribution in [-0.2, 0) is 9.63 Å². The highest BCUT2D eigenvalue weighted by molar-refractivity contribution is 9.10. The number of hydrogen-bond donors (Lipinski definition) is 2. The van der Waals surface area contributed by atoms with Gasteiger partial charge in [0, 0.05) is 5.56 Å². The molecule has 1 amide bonds. The highest BCUT2D eigenvalue weighted by atomic mass is 79.9. The quantitative estimate of drug-likeness (QED) is 0.821. The fraction of sp³-hybridized carbons (Fsp3) is 0.111. The second-order valence-corrected chi connectivity index (χ2v) is 3.60. The summed E-state index contributed by atoms with van der Waals surface area (Å²) in [5.41, 5.74) is 1.91. The Kier molecular flexibility index (Phi) is 4.39. The SMILES string of the molecule is O=C(O)CONC(=O)c1ccc(Br)c(F)c1. The molecule has 0 spiro atoms. The zero-order valence-corrected chi connectivity index (χ0v) is 9.45. The van der Waals surface area contributed by atoms with Gasteiger partial charge in [0.05, 0.1) is 4.47 Å². The summed E-state index contributed by atoms with van der Waals surface area (Å²) in [5.74, 6) is -2.53. The molecule has 0 saturated heterocycles. The summed E-state index contributed by atoms with van der Waals surface area (Å²) in [6, 6.07) is 3.73. The summed E-state index contributed by atoms with van der Waals surface area (Å²) in [7, 11) is 0. The summed E-state index contributed by atoms with van der Waals surface area (Å²) >= 11 is 2.93. The molecule has 1 aromatic carbocycles. The third-order valence-electron chi connectivity index (χ3n) is 1.54. The van der Waals surface area contributed by atoms with Crippen molar-refractivity contribution >= 4 is 27.8 Å². The minimum absolute atomic E-state index is 0.0334. The number of carbonyl (C=O) groups is 2. The molecule has 2 N–H and O–H groups in total. The van der Waals surface area contributed by atoms with Crippen LogP contribution in [0.5, 0.6) is 0 Å². The van der Waals surface area contributed by atoms with Gasteiger partial charge in [0.15, 0.2) is 6.61 Å². The molecular weight excluding hydrogens is 285 g/mol. The number of carboxylic acid groups (broad SMARTS) is 1. The van der Waals surface area contributed by atoms with Crippen LogP contribution in [0, 0.1) is 5.82 Å². The van der Waals surface area contributed by atoms with Crippen molar-refractivity contribution in [2.75, 3.05) is 6.61 Å². The molecule has 86 valence electrons. The summed E-state index contributed by atoms with van der Waals surface area (Å²) in [6.45, 7) is -0.662. The molecule has 0 atom stereocenters. The van der Waals surface area contributed by atoms with Gasteiger partial charge < -0.3 is 5.11 Å². The number of rotatable bonds is 4. The lowest BCUT2D eigenvalue weighted by Gasteiger charge is -2.04. The van der Waals surface area contributed by atoms with Gasteiger partial charge in [0.1, 0.15) is 5.82 Å². The molecule has 0 heterocycles. The van der Waals surface area contributed by atoms with Crippen LogP contribution in [-0.4, -0.2) is 23.6 Å².